The summed E-state index contributed by atoms with van der Waals surface area (Å²) in [7, 11) is 1.60. The van der Waals surface area contributed by atoms with Gasteiger partial charge in [0.25, 0.3) is 11.8 Å². The monoisotopic (exact) mass is 426 g/mol. The lowest BCUT2D eigenvalue weighted by atomic mass is 10.1. The summed E-state index contributed by atoms with van der Waals surface area (Å²) in [5.74, 6) is -0.516. The van der Waals surface area contributed by atoms with Crippen molar-refractivity contribution in [2.24, 2.45) is 0 Å². The number of nitrogens with one attached hydrogen (secondary N) is 1. The first-order chi connectivity index (χ1) is 14.6. The summed E-state index contributed by atoms with van der Waals surface area (Å²) in [4.78, 5) is 27.0. The summed E-state index contributed by atoms with van der Waals surface area (Å²) < 4.78 is 45.6. The lowest BCUT2D eigenvalue weighted by molar-refractivity contribution is -0.137. The zero-order chi connectivity index (χ0) is 22.3. The SMILES string of the molecule is Cc1ccc2c(c1)N(C)C(=O)c1cc(NC(=O)c3ccccc3C(F)(F)F)ccc1O2. The van der Waals surface area contributed by atoms with Gasteiger partial charge in [-0.25, -0.2) is 0 Å². The molecule has 5 nitrogen and oxygen atoms in total. The number of benzene rings is 3. The Kier molecular flexibility index (Phi) is 4.93. The molecule has 0 radical (unpaired) electrons. The van der Waals surface area contributed by atoms with Gasteiger partial charge in [0, 0.05) is 12.7 Å². The predicted octanol–water partition coefficient (Wildman–Crippen LogP) is 5.65. The first kappa shape index (κ1) is 20.5. The van der Waals surface area contributed by atoms with Crippen LogP contribution < -0.4 is 15.0 Å². The molecule has 0 aromatic heterocycles. The summed E-state index contributed by atoms with van der Waals surface area (Å²) in [6.07, 6.45) is -4.67. The Labute approximate surface area is 176 Å². The smallest absolute Gasteiger partial charge is 0.417 e. The van der Waals surface area contributed by atoms with Crippen LogP contribution in [0, 0.1) is 6.92 Å². The second-order valence-corrected chi connectivity index (χ2v) is 7.15. The van der Waals surface area contributed by atoms with Crippen LogP contribution in [0.25, 0.3) is 0 Å². The van der Waals surface area contributed by atoms with Gasteiger partial charge in [0.1, 0.15) is 5.75 Å². The minimum Gasteiger partial charge on any atom is -0.454 e. The van der Waals surface area contributed by atoms with E-state index in [1.165, 1.54) is 35.2 Å². The van der Waals surface area contributed by atoms with E-state index in [1.54, 1.807) is 13.1 Å². The number of hydrogen-bond acceptors (Lipinski definition) is 3. The molecule has 1 heterocycles. The zero-order valence-electron chi connectivity index (χ0n) is 16.6. The van der Waals surface area contributed by atoms with Gasteiger partial charge in [-0.05, 0) is 55.0 Å². The molecule has 1 aliphatic heterocycles. The molecular weight excluding hydrogens is 409 g/mol. The molecule has 3 aromatic rings. The Morgan fingerprint density at radius 1 is 1.00 bits per heavy atom. The number of rotatable bonds is 2. The molecule has 0 fully saturated rings. The number of anilines is 2. The van der Waals surface area contributed by atoms with E-state index < -0.39 is 23.2 Å². The summed E-state index contributed by atoms with van der Waals surface area (Å²) >= 11 is 0. The highest BCUT2D eigenvalue weighted by Crippen LogP contribution is 2.39. The number of nitrogens with zero attached hydrogens (tertiary/aromatic N) is 1. The molecule has 0 saturated carbocycles. The molecule has 0 unspecified atom stereocenters. The van der Waals surface area contributed by atoms with E-state index in [0.717, 1.165) is 17.7 Å². The lowest BCUT2D eigenvalue weighted by Crippen LogP contribution is -2.25. The normalized spacial score (nSPS) is 13.1. The standard InChI is InChI=1S/C23H17F3N2O3/c1-13-7-9-20-18(11-13)28(2)22(30)16-12-14(8-10-19(16)31-20)27-21(29)15-5-3-4-6-17(15)23(24,25)26/h3-12H,1-2H3,(H,27,29). The molecule has 158 valence electrons. The number of carbonyl (C=O) groups is 2. The molecule has 0 aliphatic carbocycles. The highest BCUT2D eigenvalue weighted by Gasteiger charge is 2.35. The second-order valence-electron chi connectivity index (χ2n) is 7.15. The highest BCUT2D eigenvalue weighted by atomic mass is 19.4. The molecule has 0 saturated heterocycles. The molecule has 1 aliphatic rings. The first-order valence-electron chi connectivity index (χ1n) is 9.33. The summed E-state index contributed by atoms with van der Waals surface area (Å²) in [6.45, 7) is 1.89. The molecule has 1 N–H and O–H groups in total. The number of ether oxygens (including phenoxy) is 1. The van der Waals surface area contributed by atoms with Gasteiger partial charge < -0.3 is 15.0 Å². The van der Waals surface area contributed by atoms with Crippen LogP contribution in [0.2, 0.25) is 0 Å². The minimum atomic E-state index is -4.67. The average Bonchev–Trinajstić information content (AvgIpc) is 2.83. The van der Waals surface area contributed by atoms with Crippen molar-refractivity contribution in [1.82, 2.24) is 0 Å². The van der Waals surface area contributed by atoms with Crippen molar-refractivity contribution in [3.05, 3.63) is 82.9 Å². The van der Waals surface area contributed by atoms with Gasteiger partial charge in [-0.15, -0.1) is 0 Å². The number of aryl methyl sites for hydroxylation is 1. The van der Waals surface area contributed by atoms with Crippen LogP contribution in [0.5, 0.6) is 11.5 Å². The highest BCUT2D eigenvalue weighted by molar-refractivity contribution is 6.11. The fourth-order valence-electron chi connectivity index (χ4n) is 3.37. The molecule has 8 heteroatoms. The van der Waals surface area contributed by atoms with Gasteiger partial charge >= 0.3 is 6.18 Å². The van der Waals surface area contributed by atoms with E-state index in [9.17, 15) is 22.8 Å². The number of halogens is 3. The fraction of sp³-hybridized carbons (Fsp3) is 0.130. The van der Waals surface area contributed by atoms with E-state index in [2.05, 4.69) is 5.32 Å². The molecular formula is C23H17F3N2O3. The Bertz CT molecular complexity index is 1200. The average molecular weight is 426 g/mol. The Hall–Kier alpha value is -3.81. The van der Waals surface area contributed by atoms with E-state index in [4.69, 9.17) is 4.74 Å². The van der Waals surface area contributed by atoms with Crippen molar-refractivity contribution in [3.8, 4) is 11.5 Å². The van der Waals surface area contributed by atoms with Crippen LogP contribution in [0.3, 0.4) is 0 Å². The number of fused-ring (bicyclic) bond motifs is 2. The lowest BCUT2D eigenvalue weighted by Gasteiger charge is -2.17. The molecule has 0 spiro atoms. The van der Waals surface area contributed by atoms with E-state index >= 15 is 0 Å². The molecule has 31 heavy (non-hydrogen) atoms. The Morgan fingerprint density at radius 3 is 2.45 bits per heavy atom. The van der Waals surface area contributed by atoms with Crippen LogP contribution >= 0.6 is 0 Å². The van der Waals surface area contributed by atoms with Crippen molar-refractivity contribution >= 4 is 23.2 Å². The molecule has 4 rings (SSSR count). The quantitative estimate of drug-likeness (QED) is 0.576. The maximum absolute atomic E-state index is 13.2. The fourth-order valence-corrected chi connectivity index (χ4v) is 3.37. The summed E-state index contributed by atoms with van der Waals surface area (Å²) in [5.41, 5.74) is 0.348. The van der Waals surface area contributed by atoms with Gasteiger partial charge in [0.2, 0.25) is 0 Å². The number of alkyl halides is 3. The number of amides is 2. The maximum Gasteiger partial charge on any atom is 0.417 e. The van der Waals surface area contributed by atoms with Crippen molar-refractivity contribution in [1.29, 1.82) is 0 Å². The van der Waals surface area contributed by atoms with Crippen LogP contribution in [-0.2, 0) is 6.18 Å². The predicted molar refractivity (Wildman–Crippen MR) is 110 cm³/mol. The molecule has 3 aromatic carbocycles. The van der Waals surface area contributed by atoms with Gasteiger partial charge in [-0.2, -0.15) is 13.2 Å². The van der Waals surface area contributed by atoms with E-state index in [-0.39, 0.29) is 22.9 Å². The zero-order valence-corrected chi connectivity index (χ0v) is 16.6. The molecule has 0 atom stereocenters. The first-order valence-corrected chi connectivity index (χ1v) is 9.33. The molecule has 2 amide bonds. The summed E-state index contributed by atoms with van der Waals surface area (Å²) in [5, 5.41) is 2.44. The van der Waals surface area contributed by atoms with Crippen LogP contribution in [0.1, 0.15) is 31.8 Å². The molecule has 0 bridgehead atoms. The Morgan fingerprint density at radius 2 is 1.71 bits per heavy atom. The third-order valence-electron chi connectivity index (χ3n) is 4.95. The van der Waals surface area contributed by atoms with Crippen molar-refractivity contribution in [2.75, 3.05) is 17.3 Å². The van der Waals surface area contributed by atoms with Gasteiger partial charge in [0.15, 0.2) is 5.75 Å². The van der Waals surface area contributed by atoms with Crippen molar-refractivity contribution in [2.45, 2.75) is 13.1 Å². The van der Waals surface area contributed by atoms with Crippen molar-refractivity contribution < 1.29 is 27.5 Å². The van der Waals surface area contributed by atoms with Crippen LogP contribution in [0.15, 0.2) is 60.7 Å². The third kappa shape index (κ3) is 3.84. The minimum absolute atomic E-state index is 0.174. The summed E-state index contributed by atoms with van der Waals surface area (Å²) in [6, 6.07) is 14.3. The largest absolute Gasteiger partial charge is 0.454 e. The van der Waals surface area contributed by atoms with E-state index in [1.807, 2.05) is 19.1 Å². The number of carbonyl (C=O) groups excluding carboxylic acids is 2. The van der Waals surface area contributed by atoms with Gasteiger partial charge in [-0.3, -0.25) is 9.59 Å². The maximum atomic E-state index is 13.2. The third-order valence-corrected chi connectivity index (χ3v) is 4.95. The van der Waals surface area contributed by atoms with Gasteiger partial charge in [-0.1, -0.05) is 18.2 Å². The number of hydrogen-bond donors (Lipinski definition) is 1. The Balaban J connectivity index is 1.67. The van der Waals surface area contributed by atoms with Crippen LogP contribution in [-0.4, -0.2) is 18.9 Å². The topological polar surface area (TPSA) is 58.6 Å². The van der Waals surface area contributed by atoms with E-state index in [0.29, 0.717) is 11.4 Å². The van der Waals surface area contributed by atoms with Crippen LogP contribution in [0.4, 0.5) is 24.5 Å². The van der Waals surface area contributed by atoms with Gasteiger partial charge in [0.05, 0.1) is 22.4 Å². The second kappa shape index (κ2) is 7.46. The van der Waals surface area contributed by atoms with Crippen molar-refractivity contribution in [3.63, 3.8) is 0 Å².